The highest BCUT2D eigenvalue weighted by atomic mass is 31.1. The van der Waals surface area contributed by atoms with Crippen molar-refractivity contribution in [1.29, 1.82) is 0 Å². The predicted octanol–water partition coefficient (Wildman–Crippen LogP) is 5.24. The SMILES string of the molecule is CCC(C)Oc1ccc(PC(=O)c2c(C)cc(C)cc2C)c(C)c1. The van der Waals surface area contributed by atoms with Gasteiger partial charge in [0.2, 0.25) is 0 Å². The topological polar surface area (TPSA) is 26.3 Å². The van der Waals surface area contributed by atoms with Crippen molar-refractivity contribution in [3.8, 4) is 5.75 Å². The molecule has 3 heteroatoms. The van der Waals surface area contributed by atoms with Crippen LogP contribution in [0.4, 0.5) is 0 Å². The molecule has 2 atom stereocenters. The molecule has 0 bridgehead atoms. The van der Waals surface area contributed by atoms with Gasteiger partial charge in [0.1, 0.15) is 5.75 Å². The molecule has 2 aromatic carbocycles. The van der Waals surface area contributed by atoms with E-state index in [1.54, 1.807) is 0 Å². The monoisotopic (exact) mass is 342 g/mol. The molecule has 0 amide bonds. The van der Waals surface area contributed by atoms with Crippen LogP contribution in [0.2, 0.25) is 0 Å². The van der Waals surface area contributed by atoms with Crippen LogP contribution in [0.25, 0.3) is 0 Å². The summed E-state index contributed by atoms with van der Waals surface area (Å²) in [5.41, 5.74) is 5.54. The summed E-state index contributed by atoms with van der Waals surface area (Å²) < 4.78 is 5.86. The van der Waals surface area contributed by atoms with Crippen molar-refractivity contribution >= 4 is 19.4 Å². The van der Waals surface area contributed by atoms with E-state index in [4.69, 9.17) is 4.74 Å². The molecule has 0 aliphatic carbocycles. The zero-order valence-corrected chi connectivity index (χ0v) is 16.5. The Morgan fingerprint density at radius 2 is 1.67 bits per heavy atom. The first kappa shape index (κ1) is 18.7. The fourth-order valence-corrected chi connectivity index (χ4v) is 4.09. The molecule has 0 aliphatic rings. The van der Waals surface area contributed by atoms with Crippen LogP contribution in [0.1, 0.15) is 52.9 Å². The number of hydrogen-bond donors (Lipinski definition) is 0. The van der Waals surface area contributed by atoms with Crippen LogP contribution in [0.15, 0.2) is 30.3 Å². The van der Waals surface area contributed by atoms with Crippen LogP contribution in [-0.4, -0.2) is 11.6 Å². The Morgan fingerprint density at radius 1 is 1.04 bits per heavy atom. The third-order valence-corrected chi connectivity index (χ3v) is 5.57. The van der Waals surface area contributed by atoms with Gasteiger partial charge in [-0.05, 0) is 83.7 Å². The average molecular weight is 342 g/mol. The van der Waals surface area contributed by atoms with Gasteiger partial charge in [0.15, 0.2) is 5.52 Å². The highest BCUT2D eigenvalue weighted by molar-refractivity contribution is 7.66. The summed E-state index contributed by atoms with van der Waals surface area (Å²) >= 11 is 0. The molecule has 0 N–H and O–H groups in total. The lowest BCUT2D eigenvalue weighted by Crippen LogP contribution is -2.12. The van der Waals surface area contributed by atoms with Crippen molar-refractivity contribution in [2.45, 2.75) is 54.1 Å². The number of ether oxygens (including phenoxy) is 1. The largest absolute Gasteiger partial charge is 0.491 e. The molecule has 2 rings (SSSR count). The molecule has 24 heavy (non-hydrogen) atoms. The van der Waals surface area contributed by atoms with Crippen molar-refractivity contribution in [3.63, 3.8) is 0 Å². The van der Waals surface area contributed by atoms with Crippen LogP contribution in [0.5, 0.6) is 5.75 Å². The normalized spacial score (nSPS) is 12.6. The van der Waals surface area contributed by atoms with Gasteiger partial charge < -0.3 is 4.74 Å². The maximum absolute atomic E-state index is 12.8. The Morgan fingerprint density at radius 3 is 2.21 bits per heavy atom. The summed E-state index contributed by atoms with van der Waals surface area (Å²) in [5.74, 6) is 0.880. The lowest BCUT2D eigenvalue weighted by atomic mass is 10.0. The van der Waals surface area contributed by atoms with E-state index in [-0.39, 0.29) is 20.2 Å². The predicted molar refractivity (Wildman–Crippen MR) is 104 cm³/mol. The molecule has 2 nitrogen and oxygen atoms in total. The number of hydrogen-bond acceptors (Lipinski definition) is 2. The summed E-state index contributed by atoms with van der Waals surface area (Å²) in [7, 11) is 0.142. The van der Waals surface area contributed by atoms with Gasteiger partial charge in [-0.15, -0.1) is 0 Å². The van der Waals surface area contributed by atoms with Crippen molar-refractivity contribution < 1.29 is 9.53 Å². The maximum Gasteiger partial charge on any atom is 0.186 e. The lowest BCUT2D eigenvalue weighted by Gasteiger charge is -2.15. The molecule has 0 saturated heterocycles. The Bertz CT molecular complexity index is 726. The maximum atomic E-state index is 12.8. The average Bonchev–Trinajstić information content (AvgIpc) is 2.48. The Balaban J connectivity index is 2.21. The van der Waals surface area contributed by atoms with Crippen molar-refractivity contribution in [3.05, 3.63) is 58.1 Å². The minimum atomic E-state index is 0.142. The zero-order chi connectivity index (χ0) is 17.9. The van der Waals surface area contributed by atoms with Crippen LogP contribution < -0.4 is 10.0 Å². The number of aryl methyl sites for hydroxylation is 4. The Labute approximate surface area is 147 Å². The molecule has 2 aromatic rings. The first-order valence-electron chi connectivity index (χ1n) is 8.48. The fourth-order valence-electron chi connectivity index (χ4n) is 2.89. The molecule has 2 unspecified atom stereocenters. The second-order valence-electron chi connectivity index (χ2n) is 6.54. The summed E-state index contributed by atoms with van der Waals surface area (Å²) in [4.78, 5) is 12.8. The van der Waals surface area contributed by atoms with Crippen LogP contribution >= 0.6 is 8.58 Å². The van der Waals surface area contributed by atoms with Gasteiger partial charge in [-0.1, -0.05) is 30.7 Å². The number of benzene rings is 2. The molecule has 0 radical (unpaired) electrons. The van der Waals surface area contributed by atoms with Gasteiger partial charge in [-0.25, -0.2) is 0 Å². The number of carbonyl (C=O) groups is 1. The van der Waals surface area contributed by atoms with Crippen LogP contribution in [0, 0.1) is 27.7 Å². The van der Waals surface area contributed by atoms with E-state index in [9.17, 15) is 4.79 Å². The third-order valence-electron chi connectivity index (χ3n) is 4.26. The minimum absolute atomic E-state index is 0.142. The van der Waals surface area contributed by atoms with E-state index in [0.29, 0.717) is 0 Å². The van der Waals surface area contributed by atoms with Gasteiger partial charge in [-0.2, -0.15) is 0 Å². The number of carbonyl (C=O) groups excluding carboxylic acids is 1. The van der Waals surface area contributed by atoms with E-state index in [0.717, 1.165) is 39.7 Å². The molecule has 128 valence electrons. The van der Waals surface area contributed by atoms with Gasteiger partial charge in [-0.3, -0.25) is 4.79 Å². The quantitative estimate of drug-likeness (QED) is 0.671. The standard InChI is InChI=1S/C21H27O2P/c1-7-17(6)23-18-8-9-19(14(3)12-18)24-21(22)20-15(4)10-13(2)11-16(20)5/h8-12,17,24H,7H2,1-6H3. The highest BCUT2D eigenvalue weighted by Gasteiger charge is 2.15. The molecule has 0 aromatic heterocycles. The van der Waals surface area contributed by atoms with Crippen molar-refractivity contribution in [2.75, 3.05) is 0 Å². The van der Waals surface area contributed by atoms with E-state index in [1.165, 1.54) is 5.56 Å². The summed E-state index contributed by atoms with van der Waals surface area (Å²) in [6.45, 7) is 12.3. The van der Waals surface area contributed by atoms with Crippen molar-refractivity contribution in [1.82, 2.24) is 0 Å². The molecule has 0 heterocycles. The Kier molecular flexibility index (Phi) is 6.18. The summed E-state index contributed by atoms with van der Waals surface area (Å²) in [6.07, 6.45) is 1.18. The summed E-state index contributed by atoms with van der Waals surface area (Å²) in [6, 6.07) is 10.2. The second kappa shape index (κ2) is 7.94. The fraction of sp³-hybridized carbons (Fsp3) is 0.381. The number of rotatable bonds is 6. The van der Waals surface area contributed by atoms with E-state index < -0.39 is 0 Å². The van der Waals surface area contributed by atoms with Crippen molar-refractivity contribution in [2.24, 2.45) is 0 Å². The van der Waals surface area contributed by atoms with E-state index in [1.807, 2.05) is 39.0 Å². The summed E-state index contributed by atoms with van der Waals surface area (Å²) in [5, 5.41) is 1.09. The van der Waals surface area contributed by atoms with Gasteiger partial charge in [0.25, 0.3) is 0 Å². The van der Waals surface area contributed by atoms with Gasteiger partial charge >= 0.3 is 0 Å². The van der Waals surface area contributed by atoms with Gasteiger partial charge in [0, 0.05) is 5.56 Å². The molecule has 0 fully saturated rings. The smallest absolute Gasteiger partial charge is 0.186 e. The zero-order valence-electron chi connectivity index (χ0n) is 15.5. The first-order chi connectivity index (χ1) is 11.3. The highest BCUT2D eigenvalue weighted by Crippen LogP contribution is 2.27. The molecule has 0 spiro atoms. The molecular weight excluding hydrogens is 315 g/mol. The molecular formula is C21H27O2P. The van der Waals surface area contributed by atoms with E-state index in [2.05, 4.69) is 32.9 Å². The second-order valence-corrected chi connectivity index (χ2v) is 7.78. The minimum Gasteiger partial charge on any atom is -0.491 e. The molecule has 0 aliphatic heterocycles. The lowest BCUT2D eigenvalue weighted by molar-refractivity contribution is 0.108. The third kappa shape index (κ3) is 4.45. The Hall–Kier alpha value is -1.66. The van der Waals surface area contributed by atoms with Gasteiger partial charge in [0.05, 0.1) is 6.10 Å². The first-order valence-corrected chi connectivity index (χ1v) is 9.48. The van der Waals surface area contributed by atoms with Crippen LogP contribution in [0.3, 0.4) is 0 Å². The molecule has 0 saturated carbocycles. The van der Waals surface area contributed by atoms with E-state index >= 15 is 0 Å². The van der Waals surface area contributed by atoms with Crippen LogP contribution in [-0.2, 0) is 0 Å².